The van der Waals surface area contributed by atoms with Crippen molar-refractivity contribution in [2.24, 2.45) is 5.73 Å². The van der Waals surface area contributed by atoms with Gasteiger partial charge in [0, 0.05) is 5.56 Å². The van der Waals surface area contributed by atoms with E-state index in [0.717, 1.165) is 0 Å². The fraction of sp³-hybridized carbons (Fsp3) is 0.500. The molecule has 0 saturated heterocycles. The van der Waals surface area contributed by atoms with Gasteiger partial charge in [-0.3, -0.25) is 0 Å². The van der Waals surface area contributed by atoms with E-state index in [9.17, 15) is 18.3 Å². The van der Waals surface area contributed by atoms with Gasteiger partial charge in [0.15, 0.2) is 0 Å². The van der Waals surface area contributed by atoms with Crippen LogP contribution in [0.15, 0.2) is 24.3 Å². The summed E-state index contributed by atoms with van der Waals surface area (Å²) in [6.45, 7) is 1.86. The normalized spacial score (nSPS) is 14.4. The number of nitrogens with two attached hydrogens (primary N) is 1. The van der Waals surface area contributed by atoms with Crippen molar-refractivity contribution in [3.05, 3.63) is 29.8 Å². The van der Waals surface area contributed by atoms with E-state index in [1.54, 1.807) is 6.07 Å². The number of halogens is 4. The summed E-state index contributed by atoms with van der Waals surface area (Å²) in [6.07, 6.45) is -4.56. The molecule has 0 amide bonds. The van der Waals surface area contributed by atoms with Crippen LogP contribution >= 0.6 is 12.4 Å². The molecule has 0 aromatic heterocycles. The first-order valence-corrected chi connectivity index (χ1v) is 5.63. The molecule has 0 aliphatic rings. The zero-order valence-corrected chi connectivity index (χ0v) is 11.2. The summed E-state index contributed by atoms with van der Waals surface area (Å²) in [5.41, 5.74) is 5.90. The van der Waals surface area contributed by atoms with E-state index < -0.39 is 18.5 Å². The highest BCUT2D eigenvalue weighted by atomic mass is 35.5. The molecule has 3 nitrogen and oxygen atoms in total. The third kappa shape index (κ3) is 5.67. The Morgan fingerprint density at radius 1 is 1.32 bits per heavy atom. The Morgan fingerprint density at radius 3 is 2.42 bits per heavy atom. The zero-order chi connectivity index (χ0) is 13.8. The van der Waals surface area contributed by atoms with Crippen LogP contribution in [0.25, 0.3) is 0 Å². The summed E-state index contributed by atoms with van der Waals surface area (Å²) in [4.78, 5) is 0. The largest absolute Gasteiger partial charge is 0.573 e. The van der Waals surface area contributed by atoms with Gasteiger partial charge in [-0.15, -0.1) is 25.6 Å². The number of aliphatic hydroxyl groups excluding tert-OH is 1. The van der Waals surface area contributed by atoms with Crippen LogP contribution in [0.2, 0.25) is 0 Å². The first-order chi connectivity index (χ1) is 8.35. The Kier molecular flexibility index (Phi) is 7.18. The van der Waals surface area contributed by atoms with Crippen molar-refractivity contribution in [1.29, 1.82) is 0 Å². The van der Waals surface area contributed by atoms with Crippen molar-refractivity contribution in [3.63, 3.8) is 0 Å². The number of hydrogen-bond acceptors (Lipinski definition) is 3. The van der Waals surface area contributed by atoms with Gasteiger partial charge in [-0.25, -0.2) is 0 Å². The Morgan fingerprint density at radius 2 is 1.89 bits per heavy atom. The molecule has 2 atom stereocenters. The average molecular weight is 300 g/mol. The van der Waals surface area contributed by atoms with Crippen molar-refractivity contribution in [1.82, 2.24) is 0 Å². The number of alkyl halides is 3. The molecular weight excluding hydrogens is 283 g/mol. The highest BCUT2D eigenvalue weighted by Crippen LogP contribution is 2.31. The summed E-state index contributed by atoms with van der Waals surface area (Å²) in [7, 11) is 0. The van der Waals surface area contributed by atoms with E-state index in [1.165, 1.54) is 18.2 Å². The summed E-state index contributed by atoms with van der Waals surface area (Å²) in [5.74, 6) is -0.368. The number of hydrogen-bond donors (Lipinski definition) is 2. The van der Waals surface area contributed by atoms with Gasteiger partial charge in [0.05, 0.1) is 12.1 Å². The summed E-state index contributed by atoms with van der Waals surface area (Å²) < 4.78 is 40.5. The molecule has 0 heterocycles. The molecule has 7 heteroatoms. The van der Waals surface area contributed by atoms with Crippen LogP contribution in [-0.2, 0) is 0 Å². The minimum atomic E-state index is -4.77. The number of para-hydroxylation sites is 1. The van der Waals surface area contributed by atoms with E-state index in [2.05, 4.69) is 4.74 Å². The third-order valence-corrected chi connectivity index (χ3v) is 2.50. The van der Waals surface area contributed by atoms with Crippen molar-refractivity contribution < 1.29 is 23.0 Å². The molecule has 19 heavy (non-hydrogen) atoms. The summed E-state index contributed by atoms with van der Waals surface area (Å²) in [6, 6.07) is 4.68. The quantitative estimate of drug-likeness (QED) is 0.878. The molecule has 0 aliphatic heterocycles. The molecule has 0 saturated carbocycles. The summed E-state index contributed by atoms with van der Waals surface area (Å²) >= 11 is 0. The van der Waals surface area contributed by atoms with Crippen LogP contribution in [0.1, 0.15) is 31.4 Å². The molecule has 3 N–H and O–H groups in total. The van der Waals surface area contributed by atoms with Crippen molar-refractivity contribution in [2.45, 2.75) is 38.3 Å². The molecule has 110 valence electrons. The van der Waals surface area contributed by atoms with Gasteiger partial charge in [0.1, 0.15) is 5.75 Å². The Bertz CT molecular complexity index is 387. The number of benzene rings is 1. The molecule has 0 aliphatic carbocycles. The first-order valence-electron chi connectivity index (χ1n) is 5.63. The standard InChI is InChI=1S/C12H16F3NO2.ClH/c1-2-5-9(17)11(16)8-6-3-4-7-10(8)18-12(13,14)15;/h3-4,6-7,9,11,17H,2,5,16H2,1H3;1H/t9-,11+;/m0./s1. The van der Waals surface area contributed by atoms with Gasteiger partial charge in [0.2, 0.25) is 0 Å². The average Bonchev–Trinajstić information content (AvgIpc) is 2.27. The lowest BCUT2D eigenvalue weighted by atomic mass is 9.98. The van der Waals surface area contributed by atoms with Crippen LogP contribution in [-0.4, -0.2) is 17.6 Å². The molecular formula is C12H17ClF3NO2. The molecule has 0 fully saturated rings. The second kappa shape index (κ2) is 7.57. The minimum absolute atomic E-state index is 0. The Labute approximate surface area is 116 Å². The second-order valence-electron chi connectivity index (χ2n) is 3.97. The van der Waals surface area contributed by atoms with Crippen molar-refractivity contribution >= 4 is 12.4 Å². The number of ether oxygens (including phenoxy) is 1. The summed E-state index contributed by atoms with van der Waals surface area (Å²) in [5, 5.41) is 9.73. The van der Waals surface area contributed by atoms with E-state index in [4.69, 9.17) is 5.73 Å². The maximum absolute atomic E-state index is 12.2. The predicted octanol–water partition coefficient (Wildman–Crippen LogP) is 3.17. The van der Waals surface area contributed by atoms with Gasteiger partial charge in [0.25, 0.3) is 0 Å². The van der Waals surface area contributed by atoms with Gasteiger partial charge in [-0.05, 0) is 12.5 Å². The van der Waals surface area contributed by atoms with Crippen LogP contribution in [0.4, 0.5) is 13.2 Å². The van der Waals surface area contributed by atoms with Gasteiger partial charge >= 0.3 is 6.36 Å². The van der Waals surface area contributed by atoms with E-state index in [-0.39, 0.29) is 23.7 Å². The third-order valence-electron chi connectivity index (χ3n) is 2.50. The monoisotopic (exact) mass is 299 g/mol. The van der Waals surface area contributed by atoms with Gasteiger partial charge in [-0.2, -0.15) is 0 Å². The highest BCUT2D eigenvalue weighted by molar-refractivity contribution is 5.85. The number of rotatable bonds is 5. The SMILES string of the molecule is CCC[C@H](O)[C@H](N)c1ccccc1OC(F)(F)F.Cl. The molecule has 0 unspecified atom stereocenters. The van der Waals surface area contributed by atoms with Gasteiger partial charge < -0.3 is 15.6 Å². The predicted molar refractivity (Wildman–Crippen MR) is 68.2 cm³/mol. The Hall–Kier alpha value is -0.980. The smallest absolute Gasteiger partial charge is 0.405 e. The maximum Gasteiger partial charge on any atom is 0.573 e. The molecule has 1 aromatic carbocycles. The van der Waals surface area contributed by atoms with Gasteiger partial charge in [-0.1, -0.05) is 31.5 Å². The molecule has 0 radical (unpaired) electrons. The van der Waals surface area contributed by atoms with Crippen molar-refractivity contribution in [2.75, 3.05) is 0 Å². The van der Waals surface area contributed by atoms with E-state index in [1.807, 2.05) is 6.92 Å². The first kappa shape index (κ1) is 18.0. The fourth-order valence-corrected chi connectivity index (χ4v) is 1.66. The fourth-order valence-electron chi connectivity index (χ4n) is 1.66. The minimum Gasteiger partial charge on any atom is -0.405 e. The second-order valence-corrected chi connectivity index (χ2v) is 3.97. The van der Waals surface area contributed by atoms with Crippen LogP contribution < -0.4 is 10.5 Å². The molecule has 1 rings (SSSR count). The molecule has 0 bridgehead atoms. The lowest BCUT2D eigenvalue weighted by Gasteiger charge is -2.21. The maximum atomic E-state index is 12.2. The lowest BCUT2D eigenvalue weighted by Crippen LogP contribution is -2.27. The highest BCUT2D eigenvalue weighted by Gasteiger charge is 2.33. The van der Waals surface area contributed by atoms with Crippen LogP contribution in [0, 0.1) is 0 Å². The Balaban J connectivity index is 0.00000324. The number of aliphatic hydroxyl groups is 1. The zero-order valence-electron chi connectivity index (χ0n) is 10.4. The topological polar surface area (TPSA) is 55.5 Å². The van der Waals surface area contributed by atoms with Crippen molar-refractivity contribution in [3.8, 4) is 5.75 Å². The van der Waals surface area contributed by atoms with E-state index >= 15 is 0 Å². The lowest BCUT2D eigenvalue weighted by molar-refractivity contribution is -0.275. The van der Waals surface area contributed by atoms with Crippen LogP contribution in [0.3, 0.4) is 0 Å². The van der Waals surface area contributed by atoms with E-state index in [0.29, 0.717) is 12.8 Å². The van der Waals surface area contributed by atoms with Crippen LogP contribution in [0.5, 0.6) is 5.75 Å². The molecule has 1 aromatic rings. The molecule has 0 spiro atoms.